The molecule has 1 atom stereocenters. The van der Waals surface area contributed by atoms with Crippen molar-refractivity contribution in [2.45, 2.75) is 38.6 Å². The summed E-state index contributed by atoms with van der Waals surface area (Å²) in [5.74, 6) is -0.00530. The number of aliphatic carboxylic acids is 1. The van der Waals surface area contributed by atoms with Crippen LogP contribution in [0.15, 0.2) is 6.20 Å². The number of rotatable bonds is 4. The maximum absolute atomic E-state index is 11.5. The highest BCUT2D eigenvalue weighted by molar-refractivity contribution is 5.79. The van der Waals surface area contributed by atoms with Crippen molar-refractivity contribution < 1.29 is 14.6 Å². The molecule has 1 aromatic heterocycles. The summed E-state index contributed by atoms with van der Waals surface area (Å²) in [5.41, 5.74) is 1.81. The molecule has 2 rings (SSSR count). The van der Waals surface area contributed by atoms with E-state index in [1.807, 2.05) is 13.8 Å². The van der Waals surface area contributed by atoms with Gasteiger partial charge < -0.3 is 15.2 Å². The predicted octanol–water partition coefficient (Wildman–Crippen LogP) is 1.46. The summed E-state index contributed by atoms with van der Waals surface area (Å²) in [6, 6.07) is 0. The molecular formula is C14H20N2O3. The summed E-state index contributed by atoms with van der Waals surface area (Å²) in [4.78, 5) is 15.9. The third kappa shape index (κ3) is 2.42. The highest BCUT2D eigenvalue weighted by Crippen LogP contribution is 2.29. The first-order valence-electron chi connectivity index (χ1n) is 6.47. The standard InChI is InChI=1S/C14H20N2O3/c1-9-8-15-11(10(2)12(9)19-3)7-14(13(17)18)5-4-6-16-14/h8,16H,4-7H2,1-3H3,(H,17,18). The molecule has 19 heavy (non-hydrogen) atoms. The number of nitrogens with zero attached hydrogens (tertiary/aromatic N) is 1. The van der Waals surface area contributed by atoms with E-state index in [0.29, 0.717) is 12.8 Å². The Balaban J connectivity index is 2.35. The Labute approximate surface area is 113 Å². The van der Waals surface area contributed by atoms with Crippen LogP contribution in [0.3, 0.4) is 0 Å². The van der Waals surface area contributed by atoms with Gasteiger partial charge in [0.05, 0.1) is 7.11 Å². The van der Waals surface area contributed by atoms with Crippen LogP contribution in [-0.4, -0.2) is 35.3 Å². The Morgan fingerprint density at radius 1 is 1.58 bits per heavy atom. The molecule has 0 aliphatic carbocycles. The second kappa shape index (κ2) is 5.17. The molecular weight excluding hydrogens is 244 g/mol. The van der Waals surface area contributed by atoms with Gasteiger partial charge in [-0.1, -0.05) is 0 Å². The molecule has 1 aliphatic heterocycles. The van der Waals surface area contributed by atoms with Gasteiger partial charge >= 0.3 is 5.97 Å². The van der Waals surface area contributed by atoms with Gasteiger partial charge in [-0.2, -0.15) is 0 Å². The zero-order valence-corrected chi connectivity index (χ0v) is 11.6. The van der Waals surface area contributed by atoms with Crippen molar-refractivity contribution in [1.82, 2.24) is 10.3 Å². The van der Waals surface area contributed by atoms with Crippen LogP contribution in [0.1, 0.15) is 29.7 Å². The lowest BCUT2D eigenvalue weighted by atomic mass is 9.90. The van der Waals surface area contributed by atoms with Gasteiger partial charge in [0.2, 0.25) is 0 Å². The predicted molar refractivity (Wildman–Crippen MR) is 71.6 cm³/mol. The molecule has 2 heterocycles. The lowest BCUT2D eigenvalue weighted by molar-refractivity contribution is -0.144. The molecule has 0 saturated carbocycles. The quantitative estimate of drug-likeness (QED) is 0.861. The van der Waals surface area contributed by atoms with Crippen LogP contribution in [0.4, 0.5) is 0 Å². The number of hydrogen-bond acceptors (Lipinski definition) is 4. The SMILES string of the molecule is COc1c(C)cnc(CC2(C(=O)O)CCCN2)c1C. The van der Waals surface area contributed by atoms with Crippen LogP contribution in [0.5, 0.6) is 5.75 Å². The first-order chi connectivity index (χ1) is 9.00. The highest BCUT2D eigenvalue weighted by atomic mass is 16.5. The van der Waals surface area contributed by atoms with Crippen molar-refractivity contribution in [2.24, 2.45) is 0 Å². The molecule has 0 spiro atoms. The lowest BCUT2D eigenvalue weighted by Gasteiger charge is -2.25. The summed E-state index contributed by atoms with van der Waals surface area (Å²) in [7, 11) is 1.62. The van der Waals surface area contributed by atoms with E-state index in [1.165, 1.54) is 0 Å². The van der Waals surface area contributed by atoms with E-state index < -0.39 is 11.5 Å². The fourth-order valence-electron chi connectivity index (χ4n) is 2.75. The molecule has 5 nitrogen and oxygen atoms in total. The Morgan fingerprint density at radius 2 is 2.32 bits per heavy atom. The van der Waals surface area contributed by atoms with Crippen molar-refractivity contribution in [3.05, 3.63) is 23.0 Å². The molecule has 0 aromatic carbocycles. The highest BCUT2D eigenvalue weighted by Gasteiger charge is 2.42. The largest absolute Gasteiger partial charge is 0.496 e. The number of aryl methyl sites for hydroxylation is 1. The first-order valence-corrected chi connectivity index (χ1v) is 6.47. The molecule has 0 amide bonds. The minimum Gasteiger partial charge on any atom is -0.496 e. The van der Waals surface area contributed by atoms with Gasteiger partial charge in [0.15, 0.2) is 0 Å². The van der Waals surface area contributed by atoms with Crippen molar-refractivity contribution in [1.29, 1.82) is 0 Å². The van der Waals surface area contributed by atoms with Gasteiger partial charge in [-0.05, 0) is 33.2 Å². The molecule has 104 valence electrons. The van der Waals surface area contributed by atoms with E-state index in [1.54, 1.807) is 13.3 Å². The molecule has 0 bridgehead atoms. The zero-order chi connectivity index (χ0) is 14.0. The monoisotopic (exact) mass is 264 g/mol. The second-order valence-electron chi connectivity index (χ2n) is 5.14. The fraction of sp³-hybridized carbons (Fsp3) is 0.571. The molecule has 1 unspecified atom stereocenters. The summed E-state index contributed by atoms with van der Waals surface area (Å²) >= 11 is 0. The first kappa shape index (κ1) is 13.8. The minimum atomic E-state index is -0.877. The van der Waals surface area contributed by atoms with Crippen molar-refractivity contribution >= 4 is 5.97 Å². The number of ether oxygens (including phenoxy) is 1. The van der Waals surface area contributed by atoms with E-state index in [4.69, 9.17) is 4.74 Å². The van der Waals surface area contributed by atoms with Gasteiger partial charge in [0.1, 0.15) is 11.3 Å². The number of carbonyl (C=O) groups is 1. The van der Waals surface area contributed by atoms with Gasteiger partial charge in [-0.25, -0.2) is 0 Å². The zero-order valence-electron chi connectivity index (χ0n) is 11.6. The van der Waals surface area contributed by atoms with E-state index in [0.717, 1.165) is 35.5 Å². The second-order valence-corrected chi connectivity index (χ2v) is 5.14. The minimum absolute atomic E-state index is 0.394. The Kier molecular flexibility index (Phi) is 3.75. The van der Waals surface area contributed by atoms with E-state index in [9.17, 15) is 9.90 Å². The molecule has 0 radical (unpaired) electrons. The number of methoxy groups -OCH3 is 1. The molecule has 2 N–H and O–H groups in total. The summed E-state index contributed by atoms with van der Waals surface area (Å²) in [6.45, 7) is 4.61. The summed E-state index contributed by atoms with van der Waals surface area (Å²) in [6.07, 6.45) is 3.66. The van der Waals surface area contributed by atoms with Crippen molar-refractivity contribution in [3.63, 3.8) is 0 Å². The van der Waals surface area contributed by atoms with Crippen LogP contribution in [-0.2, 0) is 11.2 Å². The molecule has 1 aromatic rings. The normalized spacial score (nSPS) is 22.5. The maximum atomic E-state index is 11.5. The lowest BCUT2D eigenvalue weighted by Crippen LogP contribution is -2.49. The average Bonchev–Trinajstić information content (AvgIpc) is 2.83. The van der Waals surface area contributed by atoms with E-state index >= 15 is 0 Å². The van der Waals surface area contributed by atoms with Gasteiger partial charge in [0.25, 0.3) is 0 Å². The Morgan fingerprint density at radius 3 is 2.84 bits per heavy atom. The van der Waals surface area contributed by atoms with Gasteiger partial charge in [0, 0.05) is 29.4 Å². The molecule has 1 fully saturated rings. The molecule has 1 saturated heterocycles. The molecule has 5 heteroatoms. The third-order valence-corrected chi connectivity index (χ3v) is 3.87. The Bertz CT molecular complexity index is 494. The topological polar surface area (TPSA) is 71.5 Å². The van der Waals surface area contributed by atoms with Gasteiger partial charge in [-0.15, -0.1) is 0 Å². The van der Waals surface area contributed by atoms with Crippen LogP contribution in [0, 0.1) is 13.8 Å². The average molecular weight is 264 g/mol. The van der Waals surface area contributed by atoms with Crippen LogP contribution < -0.4 is 10.1 Å². The van der Waals surface area contributed by atoms with E-state index in [-0.39, 0.29) is 0 Å². The number of carboxylic acids is 1. The number of carboxylic acid groups (broad SMARTS) is 1. The van der Waals surface area contributed by atoms with Crippen molar-refractivity contribution in [3.8, 4) is 5.75 Å². The summed E-state index contributed by atoms with van der Waals surface area (Å²) in [5, 5.41) is 12.6. The molecule has 1 aliphatic rings. The Hall–Kier alpha value is -1.62. The van der Waals surface area contributed by atoms with Crippen LogP contribution >= 0.6 is 0 Å². The van der Waals surface area contributed by atoms with Crippen LogP contribution in [0.25, 0.3) is 0 Å². The number of hydrogen-bond donors (Lipinski definition) is 2. The maximum Gasteiger partial charge on any atom is 0.324 e. The van der Waals surface area contributed by atoms with E-state index in [2.05, 4.69) is 10.3 Å². The summed E-state index contributed by atoms with van der Waals surface area (Å²) < 4.78 is 5.37. The third-order valence-electron chi connectivity index (χ3n) is 3.87. The van der Waals surface area contributed by atoms with Gasteiger partial charge in [-0.3, -0.25) is 9.78 Å². The number of aromatic nitrogens is 1. The fourth-order valence-corrected chi connectivity index (χ4v) is 2.75. The van der Waals surface area contributed by atoms with Crippen LogP contribution in [0.2, 0.25) is 0 Å². The number of nitrogens with one attached hydrogen (secondary N) is 1. The number of pyridine rings is 1. The smallest absolute Gasteiger partial charge is 0.324 e. The van der Waals surface area contributed by atoms with Crippen molar-refractivity contribution in [2.75, 3.05) is 13.7 Å².